The summed E-state index contributed by atoms with van der Waals surface area (Å²) in [4.78, 5) is 47.3. The smallest absolute Gasteiger partial charge is 0.248 e. The normalized spacial score (nSPS) is 31.3. The van der Waals surface area contributed by atoms with Crippen molar-refractivity contribution in [2.45, 2.75) is 57.4 Å². The van der Waals surface area contributed by atoms with Gasteiger partial charge < -0.3 is 24.5 Å². The van der Waals surface area contributed by atoms with Gasteiger partial charge in [-0.05, 0) is 31.2 Å². The Morgan fingerprint density at radius 2 is 1.82 bits per heavy atom. The van der Waals surface area contributed by atoms with E-state index in [1.807, 2.05) is 51.1 Å². The molecule has 1 N–H and O–H groups in total. The number of aliphatic hydroxyl groups excluding tert-OH is 1. The Morgan fingerprint density at radius 1 is 1.16 bits per heavy atom. The molecule has 3 aliphatic heterocycles. The van der Waals surface area contributed by atoms with Gasteiger partial charge in [0.1, 0.15) is 11.6 Å². The first-order chi connectivity index (χ1) is 18.2. The number of β-amino-alcohol motifs (C(OH)–C–C–N with tert-alkyl or cyclic N) is 1. The molecule has 3 aliphatic rings. The Morgan fingerprint density at radius 3 is 2.42 bits per heavy atom. The zero-order valence-corrected chi connectivity index (χ0v) is 22.8. The van der Waals surface area contributed by atoms with Crippen LogP contribution >= 0.6 is 0 Å². The van der Waals surface area contributed by atoms with Crippen molar-refractivity contribution < 1.29 is 24.2 Å². The molecule has 3 saturated heterocycles. The summed E-state index contributed by atoms with van der Waals surface area (Å²) in [5, 5.41) is 9.90. The van der Waals surface area contributed by atoms with E-state index in [4.69, 9.17) is 4.74 Å². The fourth-order valence-electron chi connectivity index (χ4n) is 7.02. The van der Waals surface area contributed by atoms with Crippen molar-refractivity contribution in [3.8, 4) is 0 Å². The Kier molecular flexibility index (Phi) is 8.14. The second-order valence-corrected chi connectivity index (χ2v) is 11.0. The van der Waals surface area contributed by atoms with Crippen molar-refractivity contribution in [3.05, 3.63) is 61.2 Å². The summed E-state index contributed by atoms with van der Waals surface area (Å²) < 4.78 is 6.79. The predicted molar refractivity (Wildman–Crippen MR) is 145 cm³/mol. The first kappa shape index (κ1) is 28.0. The summed E-state index contributed by atoms with van der Waals surface area (Å²) in [6.45, 7) is 14.9. The summed E-state index contributed by atoms with van der Waals surface area (Å²) in [7, 11) is 0. The van der Waals surface area contributed by atoms with Gasteiger partial charge in [0.05, 0.1) is 24.0 Å². The van der Waals surface area contributed by atoms with Crippen molar-refractivity contribution >= 4 is 17.7 Å². The lowest BCUT2D eigenvalue weighted by Gasteiger charge is -2.39. The van der Waals surface area contributed by atoms with Crippen LogP contribution in [0.3, 0.4) is 0 Å². The van der Waals surface area contributed by atoms with Crippen LogP contribution in [0.4, 0.5) is 0 Å². The number of carbonyl (C=O) groups excluding carboxylic acids is 3. The van der Waals surface area contributed by atoms with Crippen LogP contribution in [0.5, 0.6) is 0 Å². The molecule has 8 nitrogen and oxygen atoms in total. The monoisotopic (exact) mass is 523 g/mol. The summed E-state index contributed by atoms with van der Waals surface area (Å²) >= 11 is 0. The number of amides is 3. The van der Waals surface area contributed by atoms with E-state index < -0.39 is 29.1 Å². The van der Waals surface area contributed by atoms with Gasteiger partial charge >= 0.3 is 0 Å². The van der Waals surface area contributed by atoms with E-state index >= 15 is 0 Å². The molecule has 1 aromatic rings. The molecule has 0 aliphatic carbocycles. The van der Waals surface area contributed by atoms with E-state index in [1.165, 1.54) is 4.90 Å². The molecule has 0 aromatic heterocycles. The highest BCUT2D eigenvalue weighted by molar-refractivity contribution is 5.99. The highest BCUT2D eigenvalue weighted by atomic mass is 16.5. The summed E-state index contributed by atoms with van der Waals surface area (Å²) in [5.74, 6) is -2.22. The number of hydrogen-bond acceptors (Lipinski definition) is 5. The first-order valence-electron chi connectivity index (χ1n) is 13.6. The van der Waals surface area contributed by atoms with Gasteiger partial charge in [0.15, 0.2) is 0 Å². The molecule has 0 saturated carbocycles. The number of hydrogen-bond donors (Lipinski definition) is 1. The molecule has 1 spiro atoms. The largest absolute Gasteiger partial charge is 0.395 e. The van der Waals surface area contributed by atoms with Crippen LogP contribution < -0.4 is 0 Å². The third-order valence-electron chi connectivity index (χ3n) is 8.69. The van der Waals surface area contributed by atoms with E-state index in [2.05, 4.69) is 13.2 Å². The lowest BCUT2D eigenvalue weighted by Crippen LogP contribution is -2.57. The van der Waals surface area contributed by atoms with Crippen LogP contribution in [0.1, 0.15) is 39.2 Å². The van der Waals surface area contributed by atoms with Crippen molar-refractivity contribution in [1.29, 1.82) is 0 Å². The fourth-order valence-corrected chi connectivity index (χ4v) is 7.02. The number of nitrogens with zero attached hydrogens (tertiary/aromatic N) is 3. The topological polar surface area (TPSA) is 90.4 Å². The Hall–Kier alpha value is -2.97. The number of rotatable bonds is 12. The molecule has 6 atom stereocenters. The van der Waals surface area contributed by atoms with Gasteiger partial charge in [-0.1, -0.05) is 56.3 Å². The van der Waals surface area contributed by atoms with Crippen molar-refractivity contribution in [2.24, 2.45) is 17.8 Å². The average Bonchev–Trinajstić information content (AvgIpc) is 3.40. The summed E-state index contributed by atoms with van der Waals surface area (Å²) in [6, 6.07) is 8.73. The zero-order chi connectivity index (χ0) is 27.7. The van der Waals surface area contributed by atoms with E-state index in [9.17, 15) is 19.5 Å². The molecular weight excluding hydrogens is 482 g/mol. The Bertz CT molecular complexity index is 1080. The zero-order valence-electron chi connectivity index (χ0n) is 22.8. The highest BCUT2D eigenvalue weighted by Crippen LogP contribution is 2.65. The van der Waals surface area contributed by atoms with E-state index in [0.717, 1.165) is 12.0 Å². The Balaban J connectivity index is 1.77. The molecule has 0 radical (unpaired) electrons. The maximum absolute atomic E-state index is 14.3. The molecule has 38 heavy (non-hydrogen) atoms. The van der Waals surface area contributed by atoms with Gasteiger partial charge in [-0.2, -0.15) is 0 Å². The van der Waals surface area contributed by atoms with Crippen LogP contribution in [0.2, 0.25) is 0 Å². The van der Waals surface area contributed by atoms with Crippen LogP contribution in [0.25, 0.3) is 0 Å². The maximum Gasteiger partial charge on any atom is 0.248 e. The molecule has 3 unspecified atom stereocenters. The van der Waals surface area contributed by atoms with Crippen LogP contribution in [0.15, 0.2) is 55.6 Å². The van der Waals surface area contributed by atoms with E-state index in [1.54, 1.807) is 22.0 Å². The minimum absolute atomic E-state index is 0.00144. The second kappa shape index (κ2) is 11.0. The maximum atomic E-state index is 14.3. The van der Waals surface area contributed by atoms with Gasteiger partial charge in [-0.3, -0.25) is 14.4 Å². The molecule has 3 amide bonds. The van der Waals surface area contributed by atoms with Crippen LogP contribution in [-0.2, 0) is 25.7 Å². The number of ether oxygens (including phenoxy) is 1. The standard InChI is InChI=1S/C30H41N3O5/c1-6-14-31(15-7-2)26(35)23-24-27(36)33(17-18-34)25(30(24)19-21(4)29(23,5)38-30)28(37)32(16-8-3)20-22-12-10-9-11-13-22/h6,8-13,21,23-25,34H,1,3,7,14-20H2,2,4-5H3/t21?,23-,24-,25?,29+,30?/m0/s1. The molecule has 1 aromatic carbocycles. The molecule has 3 heterocycles. The first-order valence-corrected chi connectivity index (χ1v) is 13.6. The minimum atomic E-state index is -1.14. The number of fused-ring (bicyclic) bond motifs is 1. The van der Waals surface area contributed by atoms with Crippen molar-refractivity contribution in [3.63, 3.8) is 0 Å². The van der Waals surface area contributed by atoms with Gasteiger partial charge in [0.2, 0.25) is 17.7 Å². The van der Waals surface area contributed by atoms with Gasteiger partial charge in [0.25, 0.3) is 0 Å². The van der Waals surface area contributed by atoms with Crippen molar-refractivity contribution in [2.75, 3.05) is 32.8 Å². The van der Waals surface area contributed by atoms with Gasteiger partial charge in [-0.25, -0.2) is 0 Å². The molecular formula is C30H41N3O5. The fraction of sp³-hybridized carbons (Fsp3) is 0.567. The predicted octanol–water partition coefficient (Wildman–Crippen LogP) is 2.63. The Labute approximate surface area is 225 Å². The van der Waals surface area contributed by atoms with Gasteiger partial charge in [-0.15, -0.1) is 13.2 Å². The molecule has 4 rings (SSSR count). The lowest BCUT2D eigenvalue weighted by atomic mass is 9.62. The number of likely N-dealkylation sites (tertiary alicyclic amines) is 1. The van der Waals surface area contributed by atoms with E-state index in [0.29, 0.717) is 32.6 Å². The van der Waals surface area contributed by atoms with Crippen LogP contribution in [-0.4, -0.2) is 87.6 Å². The average molecular weight is 524 g/mol. The van der Waals surface area contributed by atoms with Gasteiger partial charge in [0, 0.05) is 32.7 Å². The second-order valence-electron chi connectivity index (χ2n) is 11.0. The van der Waals surface area contributed by atoms with E-state index in [-0.39, 0.29) is 36.8 Å². The molecule has 3 fully saturated rings. The third kappa shape index (κ3) is 4.37. The summed E-state index contributed by atoms with van der Waals surface area (Å²) in [5.41, 5.74) is -1.06. The van der Waals surface area contributed by atoms with Crippen molar-refractivity contribution in [1.82, 2.24) is 14.7 Å². The van der Waals surface area contributed by atoms with Crippen LogP contribution in [0, 0.1) is 17.8 Å². The molecule has 2 bridgehead atoms. The molecule has 206 valence electrons. The quantitative estimate of drug-likeness (QED) is 0.426. The third-order valence-corrected chi connectivity index (χ3v) is 8.69. The number of benzene rings is 1. The molecule has 8 heteroatoms. The minimum Gasteiger partial charge on any atom is -0.395 e. The number of carbonyl (C=O) groups is 3. The number of aliphatic hydroxyl groups is 1. The SMILES string of the molecule is C=CCN(Cc1ccccc1)C(=O)C1N(CCO)C(=O)[C@@H]2[C@@H](C(=O)N(CC=C)CCC)[C@]3(C)OC12CC3C. The summed E-state index contributed by atoms with van der Waals surface area (Å²) in [6.07, 6.45) is 4.63. The lowest BCUT2D eigenvalue weighted by molar-refractivity contribution is -0.155. The highest BCUT2D eigenvalue weighted by Gasteiger charge is 2.80.